The quantitative estimate of drug-likeness (QED) is 0.783. The minimum Gasteiger partial charge on any atom is -0.293 e. The molecular formula is C13H17ClO3S. The molecule has 18 heavy (non-hydrogen) atoms. The summed E-state index contributed by atoms with van der Waals surface area (Å²) in [4.78, 5) is 12.1. The van der Waals surface area contributed by atoms with Gasteiger partial charge in [-0.2, -0.15) is 0 Å². The van der Waals surface area contributed by atoms with Gasteiger partial charge < -0.3 is 0 Å². The molecule has 0 heterocycles. The summed E-state index contributed by atoms with van der Waals surface area (Å²) < 4.78 is 24.0. The SMILES string of the molecule is CC(C)CS(=O)(=O)C(C)C(=O)c1cccc(Cl)c1. The highest BCUT2D eigenvalue weighted by atomic mass is 35.5. The molecule has 0 saturated carbocycles. The molecule has 1 rings (SSSR count). The van der Waals surface area contributed by atoms with Crippen LogP contribution in [0.5, 0.6) is 0 Å². The van der Waals surface area contributed by atoms with E-state index in [2.05, 4.69) is 0 Å². The molecule has 0 spiro atoms. The van der Waals surface area contributed by atoms with Gasteiger partial charge in [0.15, 0.2) is 15.6 Å². The van der Waals surface area contributed by atoms with Crippen LogP contribution in [0, 0.1) is 5.92 Å². The van der Waals surface area contributed by atoms with Crippen LogP contribution in [-0.4, -0.2) is 25.2 Å². The lowest BCUT2D eigenvalue weighted by atomic mass is 10.1. The molecule has 0 amide bonds. The molecule has 1 atom stereocenters. The average Bonchev–Trinajstić information content (AvgIpc) is 2.25. The highest BCUT2D eigenvalue weighted by Gasteiger charge is 2.29. The second-order valence-corrected chi connectivity index (χ2v) is 7.54. The van der Waals surface area contributed by atoms with Crippen molar-refractivity contribution in [3.63, 3.8) is 0 Å². The van der Waals surface area contributed by atoms with E-state index in [-0.39, 0.29) is 11.7 Å². The summed E-state index contributed by atoms with van der Waals surface area (Å²) in [5, 5.41) is -0.604. The van der Waals surface area contributed by atoms with Crippen molar-refractivity contribution in [1.29, 1.82) is 0 Å². The summed E-state index contributed by atoms with van der Waals surface area (Å²) in [6.07, 6.45) is 0. The van der Waals surface area contributed by atoms with Crippen LogP contribution in [0.15, 0.2) is 24.3 Å². The Morgan fingerprint density at radius 2 is 1.89 bits per heavy atom. The number of rotatable bonds is 5. The monoisotopic (exact) mass is 288 g/mol. The van der Waals surface area contributed by atoms with E-state index >= 15 is 0 Å². The van der Waals surface area contributed by atoms with Gasteiger partial charge in [0.2, 0.25) is 0 Å². The lowest BCUT2D eigenvalue weighted by Crippen LogP contribution is -2.31. The zero-order valence-corrected chi connectivity index (χ0v) is 12.3. The molecule has 0 bridgehead atoms. The molecule has 0 fully saturated rings. The van der Waals surface area contributed by atoms with Crippen molar-refractivity contribution in [2.24, 2.45) is 5.92 Å². The molecule has 0 saturated heterocycles. The zero-order valence-electron chi connectivity index (χ0n) is 10.7. The highest BCUT2D eigenvalue weighted by Crippen LogP contribution is 2.16. The molecule has 0 aliphatic rings. The van der Waals surface area contributed by atoms with Crippen LogP contribution in [0.2, 0.25) is 5.02 Å². The first-order valence-electron chi connectivity index (χ1n) is 5.75. The molecule has 0 radical (unpaired) electrons. The first-order chi connectivity index (χ1) is 8.24. The number of halogens is 1. The summed E-state index contributed by atoms with van der Waals surface area (Å²) in [6.45, 7) is 5.06. The second-order valence-electron chi connectivity index (χ2n) is 4.74. The van der Waals surface area contributed by atoms with Gasteiger partial charge in [0, 0.05) is 10.6 Å². The van der Waals surface area contributed by atoms with Crippen molar-refractivity contribution in [2.45, 2.75) is 26.0 Å². The maximum atomic E-state index is 12.1. The molecule has 1 aromatic carbocycles. The summed E-state index contributed by atoms with van der Waals surface area (Å²) >= 11 is 5.79. The fourth-order valence-electron chi connectivity index (χ4n) is 1.65. The fourth-order valence-corrected chi connectivity index (χ4v) is 3.52. The van der Waals surface area contributed by atoms with Crippen LogP contribution < -0.4 is 0 Å². The Bertz CT molecular complexity index is 535. The maximum Gasteiger partial charge on any atom is 0.180 e. The standard InChI is InChI=1S/C13H17ClO3S/c1-9(2)8-18(16,17)10(3)13(15)11-5-4-6-12(14)7-11/h4-7,9-10H,8H2,1-3H3. The minimum absolute atomic E-state index is 0.00427. The van der Waals surface area contributed by atoms with E-state index in [0.29, 0.717) is 10.6 Å². The van der Waals surface area contributed by atoms with Crippen LogP contribution in [0.3, 0.4) is 0 Å². The third-order valence-electron chi connectivity index (χ3n) is 2.58. The lowest BCUT2D eigenvalue weighted by Gasteiger charge is -2.13. The topological polar surface area (TPSA) is 51.2 Å². The van der Waals surface area contributed by atoms with E-state index in [1.807, 2.05) is 13.8 Å². The summed E-state index contributed by atoms with van der Waals surface area (Å²) in [7, 11) is -3.41. The average molecular weight is 289 g/mol. The summed E-state index contributed by atoms with van der Waals surface area (Å²) in [5.41, 5.74) is 0.335. The Hall–Kier alpha value is -0.870. The number of hydrogen-bond acceptors (Lipinski definition) is 3. The number of ketones is 1. The Balaban J connectivity index is 2.98. The lowest BCUT2D eigenvalue weighted by molar-refractivity contribution is 0.0991. The molecule has 0 N–H and O–H groups in total. The van der Waals surface area contributed by atoms with E-state index in [4.69, 9.17) is 11.6 Å². The van der Waals surface area contributed by atoms with Crippen LogP contribution in [0.1, 0.15) is 31.1 Å². The molecule has 5 heteroatoms. The van der Waals surface area contributed by atoms with Gasteiger partial charge in [0.05, 0.1) is 5.75 Å². The second kappa shape index (κ2) is 5.85. The van der Waals surface area contributed by atoms with Crippen LogP contribution in [0.25, 0.3) is 0 Å². The van der Waals surface area contributed by atoms with Crippen LogP contribution >= 0.6 is 11.6 Å². The molecule has 0 aliphatic carbocycles. The normalized spacial score (nSPS) is 13.6. The Labute approximate surface area is 113 Å². The third kappa shape index (κ3) is 3.82. The van der Waals surface area contributed by atoms with Gasteiger partial charge >= 0.3 is 0 Å². The number of hydrogen-bond donors (Lipinski definition) is 0. The van der Waals surface area contributed by atoms with E-state index in [9.17, 15) is 13.2 Å². The van der Waals surface area contributed by atoms with Crippen LogP contribution in [-0.2, 0) is 9.84 Å². The van der Waals surface area contributed by atoms with Crippen molar-refractivity contribution in [3.05, 3.63) is 34.9 Å². The van der Waals surface area contributed by atoms with Gasteiger partial charge in [-0.3, -0.25) is 4.79 Å². The smallest absolute Gasteiger partial charge is 0.180 e. The fraction of sp³-hybridized carbons (Fsp3) is 0.462. The van der Waals surface area contributed by atoms with Crippen molar-refractivity contribution >= 4 is 27.2 Å². The van der Waals surface area contributed by atoms with Crippen LogP contribution in [0.4, 0.5) is 0 Å². The van der Waals surface area contributed by atoms with E-state index in [1.165, 1.54) is 13.0 Å². The number of carbonyl (C=O) groups is 1. The molecular weight excluding hydrogens is 272 g/mol. The highest BCUT2D eigenvalue weighted by molar-refractivity contribution is 7.92. The van der Waals surface area contributed by atoms with Crippen molar-refractivity contribution < 1.29 is 13.2 Å². The largest absolute Gasteiger partial charge is 0.293 e. The number of benzene rings is 1. The van der Waals surface area contributed by atoms with E-state index in [1.54, 1.807) is 18.2 Å². The predicted molar refractivity (Wildman–Crippen MR) is 73.9 cm³/mol. The van der Waals surface area contributed by atoms with Gasteiger partial charge in [-0.25, -0.2) is 8.42 Å². The number of sulfone groups is 1. The van der Waals surface area contributed by atoms with Crippen molar-refractivity contribution in [2.75, 3.05) is 5.75 Å². The first-order valence-corrected chi connectivity index (χ1v) is 7.84. The molecule has 100 valence electrons. The number of Topliss-reactive ketones (excluding diaryl/α,β-unsaturated/α-hetero) is 1. The summed E-state index contributed by atoms with van der Waals surface area (Å²) in [5.74, 6) is -0.386. The molecule has 1 unspecified atom stereocenters. The molecule has 3 nitrogen and oxygen atoms in total. The molecule has 1 aromatic rings. The predicted octanol–water partition coefficient (Wildman–Crippen LogP) is 2.98. The van der Waals surface area contributed by atoms with E-state index in [0.717, 1.165) is 0 Å². The molecule has 0 aliphatic heterocycles. The van der Waals surface area contributed by atoms with Gasteiger partial charge in [0.25, 0.3) is 0 Å². The van der Waals surface area contributed by atoms with Crippen molar-refractivity contribution in [1.82, 2.24) is 0 Å². The number of carbonyl (C=O) groups excluding carboxylic acids is 1. The first kappa shape index (κ1) is 15.2. The Morgan fingerprint density at radius 1 is 1.28 bits per heavy atom. The maximum absolute atomic E-state index is 12.1. The van der Waals surface area contributed by atoms with Gasteiger partial charge in [-0.1, -0.05) is 37.6 Å². The van der Waals surface area contributed by atoms with Crippen molar-refractivity contribution in [3.8, 4) is 0 Å². The molecule has 0 aromatic heterocycles. The Morgan fingerprint density at radius 3 is 2.39 bits per heavy atom. The zero-order chi connectivity index (χ0) is 13.9. The minimum atomic E-state index is -3.41. The van der Waals surface area contributed by atoms with Gasteiger partial charge in [-0.15, -0.1) is 0 Å². The third-order valence-corrected chi connectivity index (χ3v) is 5.24. The van der Waals surface area contributed by atoms with Gasteiger partial charge in [0.1, 0.15) is 5.25 Å². The summed E-state index contributed by atoms with van der Waals surface area (Å²) in [6, 6.07) is 6.35. The van der Waals surface area contributed by atoms with E-state index < -0.39 is 20.9 Å². The Kier molecular flexibility index (Phi) is 4.93. The van der Waals surface area contributed by atoms with Gasteiger partial charge in [-0.05, 0) is 25.0 Å².